The Morgan fingerprint density at radius 1 is 0.293 bits per heavy atom. The SMILES string of the molecule is c1ccc(-c2cccc(N(c3ccccc3)c3cccc(-c4cccc(-c5cccc6ccccc56)c4)c3)c2)cc1. The van der Waals surface area contributed by atoms with Gasteiger partial charge in [-0.05, 0) is 86.6 Å². The van der Waals surface area contributed by atoms with Gasteiger partial charge in [-0.1, -0.05) is 133 Å². The van der Waals surface area contributed by atoms with E-state index in [-0.39, 0.29) is 0 Å². The number of para-hydroxylation sites is 1. The summed E-state index contributed by atoms with van der Waals surface area (Å²) in [5, 5.41) is 2.53. The number of benzene rings is 7. The van der Waals surface area contributed by atoms with Crippen LogP contribution in [-0.4, -0.2) is 0 Å². The van der Waals surface area contributed by atoms with Gasteiger partial charge in [0.2, 0.25) is 0 Å². The van der Waals surface area contributed by atoms with Crippen LogP contribution < -0.4 is 4.90 Å². The summed E-state index contributed by atoms with van der Waals surface area (Å²) >= 11 is 0. The molecule has 0 atom stereocenters. The molecule has 0 saturated carbocycles. The molecule has 0 fully saturated rings. The Kier molecular flexibility index (Phi) is 6.61. The molecule has 0 aliphatic heterocycles. The van der Waals surface area contributed by atoms with Crippen LogP contribution in [0.4, 0.5) is 17.1 Å². The first-order valence-corrected chi connectivity index (χ1v) is 14.0. The summed E-state index contributed by atoms with van der Waals surface area (Å²) in [6.07, 6.45) is 0. The van der Waals surface area contributed by atoms with E-state index in [2.05, 4.69) is 181 Å². The lowest BCUT2D eigenvalue weighted by atomic mass is 9.95. The molecular weight excluding hydrogens is 494 g/mol. The van der Waals surface area contributed by atoms with Crippen molar-refractivity contribution in [2.24, 2.45) is 0 Å². The molecule has 1 nitrogen and oxygen atoms in total. The van der Waals surface area contributed by atoms with Gasteiger partial charge in [0.25, 0.3) is 0 Å². The van der Waals surface area contributed by atoms with Crippen molar-refractivity contribution in [3.05, 3.63) is 176 Å². The van der Waals surface area contributed by atoms with Gasteiger partial charge in [0, 0.05) is 17.1 Å². The summed E-state index contributed by atoms with van der Waals surface area (Å²) in [4.78, 5) is 2.34. The third-order valence-electron chi connectivity index (χ3n) is 7.63. The zero-order valence-corrected chi connectivity index (χ0v) is 22.7. The average Bonchev–Trinajstić information content (AvgIpc) is 3.06. The average molecular weight is 524 g/mol. The van der Waals surface area contributed by atoms with Gasteiger partial charge >= 0.3 is 0 Å². The van der Waals surface area contributed by atoms with Gasteiger partial charge in [-0.2, -0.15) is 0 Å². The fraction of sp³-hybridized carbons (Fsp3) is 0. The van der Waals surface area contributed by atoms with Crippen molar-refractivity contribution >= 4 is 27.8 Å². The quantitative estimate of drug-likeness (QED) is 0.209. The molecule has 0 saturated heterocycles. The molecule has 7 aromatic carbocycles. The third kappa shape index (κ3) is 5.02. The van der Waals surface area contributed by atoms with Gasteiger partial charge < -0.3 is 4.90 Å². The zero-order chi connectivity index (χ0) is 27.4. The molecule has 0 spiro atoms. The van der Waals surface area contributed by atoms with Crippen molar-refractivity contribution in [3.8, 4) is 33.4 Å². The Bertz CT molecular complexity index is 1930. The third-order valence-corrected chi connectivity index (χ3v) is 7.63. The molecule has 0 bridgehead atoms. The van der Waals surface area contributed by atoms with Crippen LogP contribution in [0.5, 0.6) is 0 Å². The highest BCUT2D eigenvalue weighted by atomic mass is 15.1. The van der Waals surface area contributed by atoms with Crippen LogP contribution in [0, 0.1) is 0 Å². The second-order valence-electron chi connectivity index (χ2n) is 10.2. The summed E-state index contributed by atoms with van der Waals surface area (Å²) in [6.45, 7) is 0. The Labute approximate surface area is 241 Å². The van der Waals surface area contributed by atoms with Crippen LogP contribution in [-0.2, 0) is 0 Å². The minimum absolute atomic E-state index is 1.12. The van der Waals surface area contributed by atoms with Gasteiger partial charge in [0.1, 0.15) is 0 Å². The molecule has 41 heavy (non-hydrogen) atoms. The number of hydrogen-bond acceptors (Lipinski definition) is 1. The monoisotopic (exact) mass is 523 g/mol. The van der Waals surface area contributed by atoms with Crippen molar-refractivity contribution in [3.63, 3.8) is 0 Å². The van der Waals surface area contributed by atoms with Crippen LogP contribution in [0.2, 0.25) is 0 Å². The van der Waals surface area contributed by atoms with E-state index < -0.39 is 0 Å². The molecule has 1 heteroatoms. The van der Waals surface area contributed by atoms with Crippen molar-refractivity contribution < 1.29 is 0 Å². The van der Waals surface area contributed by atoms with E-state index in [1.54, 1.807) is 0 Å². The molecule has 0 unspecified atom stereocenters. The Morgan fingerprint density at radius 3 is 1.49 bits per heavy atom. The molecule has 7 aromatic rings. The van der Waals surface area contributed by atoms with Gasteiger partial charge in [-0.15, -0.1) is 0 Å². The molecule has 0 amide bonds. The molecular formula is C40H29N. The van der Waals surface area contributed by atoms with Crippen LogP contribution in [0.3, 0.4) is 0 Å². The molecule has 7 rings (SSSR count). The normalized spacial score (nSPS) is 10.9. The molecule has 194 valence electrons. The largest absolute Gasteiger partial charge is 0.310 e. The lowest BCUT2D eigenvalue weighted by Gasteiger charge is -2.26. The maximum atomic E-state index is 2.34. The van der Waals surface area contributed by atoms with Gasteiger partial charge in [0.15, 0.2) is 0 Å². The highest BCUT2D eigenvalue weighted by Crippen LogP contribution is 2.39. The van der Waals surface area contributed by atoms with E-state index in [4.69, 9.17) is 0 Å². The molecule has 0 heterocycles. The first-order valence-electron chi connectivity index (χ1n) is 14.0. The summed E-state index contributed by atoms with van der Waals surface area (Å²) in [6, 6.07) is 62.8. The molecule has 0 aromatic heterocycles. The van der Waals surface area contributed by atoms with E-state index in [1.807, 2.05) is 0 Å². The standard InChI is InChI=1S/C40H29N/c1-3-13-30(14-4-1)33-18-10-23-37(28-33)41(36-21-5-2-6-22-36)38-24-11-19-34(29-38)32-17-9-20-35(27-32)40-26-12-16-31-15-7-8-25-39(31)40/h1-29H. The molecule has 0 aliphatic carbocycles. The summed E-state index contributed by atoms with van der Waals surface area (Å²) in [7, 11) is 0. The van der Waals surface area contributed by atoms with Gasteiger partial charge in [-0.3, -0.25) is 0 Å². The van der Waals surface area contributed by atoms with Crippen LogP contribution in [0.25, 0.3) is 44.2 Å². The first-order chi connectivity index (χ1) is 20.3. The van der Waals surface area contributed by atoms with E-state index in [9.17, 15) is 0 Å². The molecule has 0 aliphatic rings. The van der Waals surface area contributed by atoms with Crippen LogP contribution in [0.1, 0.15) is 0 Å². The van der Waals surface area contributed by atoms with Gasteiger partial charge in [-0.25, -0.2) is 0 Å². The lowest BCUT2D eigenvalue weighted by Crippen LogP contribution is -2.10. The number of hydrogen-bond donors (Lipinski definition) is 0. The highest BCUT2D eigenvalue weighted by Gasteiger charge is 2.14. The Morgan fingerprint density at radius 2 is 0.756 bits per heavy atom. The zero-order valence-electron chi connectivity index (χ0n) is 22.7. The number of fused-ring (bicyclic) bond motifs is 1. The smallest absolute Gasteiger partial charge is 0.0467 e. The first kappa shape index (κ1) is 24.6. The van der Waals surface area contributed by atoms with Crippen LogP contribution in [0.15, 0.2) is 176 Å². The van der Waals surface area contributed by atoms with Crippen molar-refractivity contribution in [2.75, 3.05) is 4.90 Å². The second-order valence-corrected chi connectivity index (χ2v) is 10.2. The summed E-state index contributed by atoms with van der Waals surface area (Å²) in [5.74, 6) is 0. The number of anilines is 3. The topological polar surface area (TPSA) is 3.24 Å². The molecule has 0 N–H and O–H groups in total. The lowest BCUT2D eigenvalue weighted by molar-refractivity contribution is 1.28. The van der Waals surface area contributed by atoms with E-state index in [0.29, 0.717) is 0 Å². The summed E-state index contributed by atoms with van der Waals surface area (Å²) < 4.78 is 0. The minimum atomic E-state index is 1.12. The van der Waals surface area contributed by atoms with E-state index in [1.165, 1.54) is 44.2 Å². The summed E-state index contributed by atoms with van der Waals surface area (Å²) in [5.41, 5.74) is 10.6. The number of nitrogens with zero attached hydrogens (tertiary/aromatic N) is 1. The fourth-order valence-corrected chi connectivity index (χ4v) is 5.65. The highest BCUT2D eigenvalue weighted by molar-refractivity contribution is 5.97. The van der Waals surface area contributed by atoms with E-state index in [0.717, 1.165) is 17.1 Å². The van der Waals surface area contributed by atoms with Gasteiger partial charge in [0.05, 0.1) is 0 Å². The predicted molar refractivity (Wildman–Crippen MR) is 175 cm³/mol. The van der Waals surface area contributed by atoms with Crippen molar-refractivity contribution in [1.29, 1.82) is 0 Å². The Hall–Kier alpha value is -5.40. The van der Waals surface area contributed by atoms with Crippen molar-refractivity contribution in [2.45, 2.75) is 0 Å². The minimum Gasteiger partial charge on any atom is -0.310 e. The molecule has 0 radical (unpaired) electrons. The number of rotatable bonds is 6. The van der Waals surface area contributed by atoms with Crippen LogP contribution >= 0.6 is 0 Å². The second kappa shape index (κ2) is 11.0. The predicted octanol–water partition coefficient (Wildman–Crippen LogP) is 11.3. The van der Waals surface area contributed by atoms with E-state index >= 15 is 0 Å². The maximum absolute atomic E-state index is 2.34. The maximum Gasteiger partial charge on any atom is 0.0467 e. The Balaban J connectivity index is 1.32. The fourth-order valence-electron chi connectivity index (χ4n) is 5.65. The van der Waals surface area contributed by atoms with Crippen molar-refractivity contribution in [1.82, 2.24) is 0 Å².